The fourth-order valence-corrected chi connectivity index (χ4v) is 2.52. The van der Waals surface area contributed by atoms with E-state index in [9.17, 15) is 9.65 Å². The summed E-state index contributed by atoms with van der Waals surface area (Å²) in [6, 6.07) is 11.2. The van der Waals surface area contributed by atoms with Gasteiger partial charge in [-0.3, -0.25) is 0 Å². The van der Waals surface area contributed by atoms with Crippen LogP contribution in [0, 0.1) is 17.1 Å². The zero-order valence-electron chi connectivity index (χ0n) is 12.6. The standard InChI is InChI=1S/C17H12ClFN4O/c1-24-17-7-16-11(6-14(17)21)15(5-10(8-20)23-16)22-9-2-3-13(19)12(18)4-9/h2-7H,21H2,1H3,(H,22,23). The molecule has 3 rings (SSSR count). The molecule has 0 amide bonds. The van der Waals surface area contributed by atoms with E-state index in [1.165, 1.54) is 19.2 Å². The predicted molar refractivity (Wildman–Crippen MR) is 92.1 cm³/mol. The molecule has 120 valence electrons. The highest BCUT2D eigenvalue weighted by atomic mass is 35.5. The Morgan fingerprint density at radius 3 is 2.75 bits per heavy atom. The van der Waals surface area contributed by atoms with Crippen LogP contribution in [-0.4, -0.2) is 12.1 Å². The second kappa shape index (κ2) is 6.22. The third-order valence-electron chi connectivity index (χ3n) is 3.47. The lowest BCUT2D eigenvalue weighted by Gasteiger charge is -2.13. The van der Waals surface area contributed by atoms with Crippen LogP contribution >= 0.6 is 11.6 Å². The van der Waals surface area contributed by atoms with Crippen molar-refractivity contribution in [2.45, 2.75) is 0 Å². The number of pyridine rings is 1. The van der Waals surface area contributed by atoms with E-state index >= 15 is 0 Å². The van der Waals surface area contributed by atoms with E-state index < -0.39 is 5.82 Å². The van der Waals surface area contributed by atoms with E-state index in [0.717, 1.165) is 0 Å². The number of nitrogens with two attached hydrogens (primary N) is 1. The fourth-order valence-electron chi connectivity index (χ4n) is 2.34. The summed E-state index contributed by atoms with van der Waals surface area (Å²) in [4.78, 5) is 4.25. The van der Waals surface area contributed by atoms with Crippen LogP contribution < -0.4 is 15.8 Å². The second-order valence-electron chi connectivity index (χ2n) is 5.03. The number of halogens is 2. The topological polar surface area (TPSA) is 84.0 Å². The van der Waals surface area contributed by atoms with E-state index in [4.69, 9.17) is 22.1 Å². The molecule has 1 heterocycles. The van der Waals surface area contributed by atoms with E-state index in [1.807, 2.05) is 6.07 Å². The molecular weight excluding hydrogens is 331 g/mol. The maximum absolute atomic E-state index is 13.3. The number of methoxy groups -OCH3 is 1. The molecule has 0 unspecified atom stereocenters. The van der Waals surface area contributed by atoms with Crippen LogP contribution in [0.2, 0.25) is 5.02 Å². The van der Waals surface area contributed by atoms with Crippen molar-refractivity contribution in [3.05, 3.63) is 52.9 Å². The first-order chi connectivity index (χ1) is 11.5. The normalized spacial score (nSPS) is 10.4. The minimum absolute atomic E-state index is 0.0000477. The van der Waals surface area contributed by atoms with E-state index in [1.54, 1.807) is 24.3 Å². The molecule has 0 aliphatic carbocycles. The average molecular weight is 343 g/mol. The molecule has 0 fully saturated rings. The molecule has 0 radical (unpaired) electrons. The lowest BCUT2D eigenvalue weighted by Crippen LogP contribution is -1.98. The van der Waals surface area contributed by atoms with Gasteiger partial charge in [0.2, 0.25) is 0 Å². The number of fused-ring (bicyclic) bond motifs is 1. The van der Waals surface area contributed by atoms with Gasteiger partial charge in [-0.2, -0.15) is 5.26 Å². The third-order valence-corrected chi connectivity index (χ3v) is 3.76. The van der Waals surface area contributed by atoms with Gasteiger partial charge in [0.1, 0.15) is 23.3 Å². The molecule has 1 aromatic heterocycles. The molecule has 0 bridgehead atoms. The predicted octanol–water partition coefficient (Wildman–Crippen LogP) is 4.23. The molecule has 0 aliphatic heterocycles. The number of rotatable bonds is 3. The Balaban J connectivity index is 2.16. The van der Waals surface area contributed by atoms with Gasteiger partial charge in [-0.1, -0.05) is 11.6 Å². The number of aromatic nitrogens is 1. The van der Waals surface area contributed by atoms with E-state index in [0.29, 0.717) is 33.7 Å². The van der Waals surface area contributed by atoms with Crippen molar-refractivity contribution in [2.75, 3.05) is 18.2 Å². The Bertz CT molecular complexity index is 984. The Kier molecular flexibility index (Phi) is 4.11. The summed E-state index contributed by atoms with van der Waals surface area (Å²) in [5, 5.41) is 13.0. The van der Waals surface area contributed by atoms with E-state index in [2.05, 4.69) is 10.3 Å². The fraction of sp³-hybridized carbons (Fsp3) is 0.0588. The van der Waals surface area contributed by atoms with Crippen LogP contribution in [0.4, 0.5) is 21.5 Å². The number of ether oxygens (including phenoxy) is 1. The van der Waals surface area contributed by atoms with Gasteiger partial charge in [0.15, 0.2) is 0 Å². The van der Waals surface area contributed by atoms with Gasteiger partial charge in [0.25, 0.3) is 0 Å². The summed E-state index contributed by atoms with van der Waals surface area (Å²) >= 11 is 5.81. The Morgan fingerprint density at radius 2 is 2.08 bits per heavy atom. The molecule has 5 nitrogen and oxygen atoms in total. The maximum atomic E-state index is 13.3. The van der Waals surface area contributed by atoms with Crippen molar-refractivity contribution in [2.24, 2.45) is 0 Å². The first-order valence-electron chi connectivity index (χ1n) is 6.92. The van der Waals surface area contributed by atoms with Crippen molar-refractivity contribution in [3.8, 4) is 11.8 Å². The van der Waals surface area contributed by atoms with Crippen molar-refractivity contribution in [1.82, 2.24) is 4.98 Å². The molecule has 0 spiro atoms. The largest absolute Gasteiger partial charge is 0.495 e. The van der Waals surface area contributed by atoms with Crippen molar-refractivity contribution >= 4 is 39.6 Å². The zero-order valence-corrected chi connectivity index (χ0v) is 13.4. The first kappa shape index (κ1) is 15.8. The minimum atomic E-state index is -0.506. The van der Waals surface area contributed by atoms with Crippen LogP contribution in [0.5, 0.6) is 5.75 Å². The average Bonchev–Trinajstić information content (AvgIpc) is 2.57. The van der Waals surface area contributed by atoms with Crippen molar-refractivity contribution in [3.63, 3.8) is 0 Å². The van der Waals surface area contributed by atoms with Gasteiger partial charge in [-0.15, -0.1) is 0 Å². The molecular formula is C17H12ClFN4O. The molecule has 0 saturated carbocycles. The molecule has 24 heavy (non-hydrogen) atoms. The number of nitrogen functional groups attached to an aromatic ring is 1. The number of hydrogen-bond acceptors (Lipinski definition) is 5. The van der Waals surface area contributed by atoms with Crippen LogP contribution in [0.25, 0.3) is 10.9 Å². The lowest BCUT2D eigenvalue weighted by atomic mass is 10.1. The number of nitriles is 1. The van der Waals surface area contributed by atoms with Gasteiger partial charge in [-0.25, -0.2) is 9.37 Å². The van der Waals surface area contributed by atoms with Crippen molar-refractivity contribution in [1.29, 1.82) is 5.26 Å². The second-order valence-corrected chi connectivity index (χ2v) is 5.44. The number of benzene rings is 2. The summed E-state index contributed by atoms with van der Waals surface area (Å²) in [6.07, 6.45) is 0. The van der Waals surface area contributed by atoms with Crippen LogP contribution in [0.15, 0.2) is 36.4 Å². The van der Waals surface area contributed by atoms with E-state index in [-0.39, 0.29) is 10.7 Å². The minimum Gasteiger partial charge on any atom is -0.495 e. The molecule has 0 saturated heterocycles. The molecule has 0 atom stereocenters. The van der Waals surface area contributed by atoms with Crippen LogP contribution in [-0.2, 0) is 0 Å². The highest BCUT2D eigenvalue weighted by Gasteiger charge is 2.11. The van der Waals surface area contributed by atoms with Gasteiger partial charge < -0.3 is 15.8 Å². The smallest absolute Gasteiger partial charge is 0.143 e. The van der Waals surface area contributed by atoms with Gasteiger partial charge >= 0.3 is 0 Å². The summed E-state index contributed by atoms with van der Waals surface area (Å²) in [7, 11) is 1.51. The molecule has 2 aromatic carbocycles. The highest BCUT2D eigenvalue weighted by Crippen LogP contribution is 2.33. The van der Waals surface area contributed by atoms with Crippen molar-refractivity contribution < 1.29 is 9.13 Å². The SMILES string of the molecule is COc1cc2nc(C#N)cc(Nc3ccc(F)c(Cl)c3)c2cc1N. The number of anilines is 3. The lowest BCUT2D eigenvalue weighted by molar-refractivity contribution is 0.417. The summed E-state index contributed by atoms with van der Waals surface area (Å²) in [6.45, 7) is 0. The number of nitrogens with one attached hydrogen (secondary N) is 1. The highest BCUT2D eigenvalue weighted by molar-refractivity contribution is 6.31. The van der Waals surface area contributed by atoms with Gasteiger partial charge in [0, 0.05) is 17.1 Å². The van der Waals surface area contributed by atoms with Gasteiger partial charge in [0.05, 0.1) is 29.0 Å². The molecule has 7 heteroatoms. The Morgan fingerprint density at radius 1 is 1.29 bits per heavy atom. The molecule has 3 N–H and O–H groups in total. The summed E-state index contributed by atoms with van der Waals surface area (Å²) in [5.41, 5.74) is 8.36. The monoisotopic (exact) mass is 342 g/mol. The summed E-state index contributed by atoms with van der Waals surface area (Å²) < 4.78 is 18.5. The third kappa shape index (κ3) is 2.90. The summed E-state index contributed by atoms with van der Waals surface area (Å²) in [5.74, 6) is -0.0330. The number of hydrogen-bond donors (Lipinski definition) is 2. The van der Waals surface area contributed by atoms with Gasteiger partial charge in [-0.05, 0) is 30.3 Å². The maximum Gasteiger partial charge on any atom is 0.143 e. The quantitative estimate of drug-likeness (QED) is 0.696. The first-order valence-corrected chi connectivity index (χ1v) is 7.30. The Hall–Kier alpha value is -3.04. The Labute approximate surface area is 142 Å². The number of nitrogens with zero attached hydrogens (tertiary/aromatic N) is 2. The van der Waals surface area contributed by atoms with Crippen LogP contribution in [0.3, 0.4) is 0 Å². The van der Waals surface area contributed by atoms with Crippen LogP contribution in [0.1, 0.15) is 5.69 Å². The zero-order chi connectivity index (χ0) is 17.3. The molecule has 0 aliphatic rings. The molecule has 3 aromatic rings.